The van der Waals surface area contributed by atoms with Crippen LogP contribution in [-0.2, 0) is 4.79 Å². The second-order valence-electron chi connectivity index (χ2n) is 9.04. The first kappa shape index (κ1) is 21.8. The van der Waals surface area contributed by atoms with Gasteiger partial charge in [0, 0.05) is 41.4 Å². The Balaban J connectivity index is 1.17. The fourth-order valence-electron chi connectivity index (χ4n) is 5.29. The summed E-state index contributed by atoms with van der Waals surface area (Å²) in [6.07, 6.45) is 4.18. The highest BCUT2D eigenvalue weighted by Gasteiger charge is 2.47. The van der Waals surface area contributed by atoms with Crippen LogP contribution in [0.25, 0.3) is 0 Å². The van der Waals surface area contributed by atoms with Crippen LogP contribution < -0.4 is 20.7 Å². The molecule has 3 aliphatic carbocycles. The van der Waals surface area contributed by atoms with Crippen molar-refractivity contribution in [2.24, 2.45) is 11.8 Å². The smallest absolute Gasteiger partial charge is 0.258 e. The lowest BCUT2D eigenvalue weighted by Crippen LogP contribution is -2.59. The maximum absolute atomic E-state index is 13.6. The highest BCUT2D eigenvalue weighted by molar-refractivity contribution is 6.31. The average Bonchev–Trinajstić information content (AvgIpc) is 2.73. The molecular formula is C24H26Cl2FN3O2. The number of hydrogen-bond acceptors (Lipinski definition) is 4. The highest BCUT2D eigenvalue weighted by atomic mass is 35.5. The Morgan fingerprint density at radius 3 is 2.72 bits per heavy atom. The van der Waals surface area contributed by atoms with E-state index in [0.29, 0.717) is 23.6 Å². The lowest BCUT2D eigenvalue weighted by molar-refractivity contribution is -0.125. The number of amides is 1. The van der Waals surface area contributed by atoms with Gasteiger partial charge < -0.3 is 20.7 Å². The second-order valence-corrected chi connectivity index (χ2v) is 9.88. The van der Waals surface area contributed by atoms with Crippen molar-refractivity contribution < 1.29 is 13.9 Å². The first-order chi connectivity index (χ1) is 15.5. The van der Waals surface area contributed by atoms with Crippen LogP contribution in [0.4, 0.5) is 10.1 Å². The van der Waals surface area contributed by atoms with E-state index in [1.165, 1.54) is 17.7 Å². The first-order valence-electron chi connectivity index (χ1n) is 11.1. The molecule has 0 aromatic heterocycles. The molecule has 0 spiro atoms. The number of carbonyl (C=O) groups is 1. The standard InChI is InChI=1S/C24H26Cl2FN3O2/c25-15-1-3-17-20(5-6-28-23(17)9-15)29-21-11-22(14-7-13(21)8-14)30-24(31)12-32-16-2-4-18(26)19(27)10-16/h1-4,9-10,13-14,20-22,28-29H,5-8,11-12H2,(H,30,31). The summed E-state index contributed by atoms with van der Waals surface area (Å²) < 4.78 is 19.0. The Morgan fingerprint density at radius 1 is 1.09 bits per heavy atom. The quantitative estimate of drug-likeness (QED) is 0.551. The summed E-state index contributed by atoms with van der Waals surface area (Å²) in [5, 5.41) is 11.2. The third-order valence-corrected chi connectivity index (χ3v) is 7.56. The van der Waals surface area contributed by atoms with E-state index in [1.807, 2.05) is 12.1 Å². The Hall–Kier alpha value is -2.02. The topological polar surface area (TPSA) is 62.4 Å². The molecular weight excluding hydrogens is 452 g/mol. The number of nitrogens with one attached hydrogen (secondary N) is 3. The maximum Gasteiger partial charge on any atom is 0.258 e. The van der Waals surface area contributed by atoms with Gasteiger partial charge in [0.15, 0.2) is 6.61 Å². The van der Waals surface area contributed by atoms with Gasteiger partial charge in [0.25, 0.3) is 5.91 Å². The van der Waals surface area contributed by atoms with Crippen LogP contribution in [0.2, 0.25) is 10.0 Å². The van der Waals surface area contributed by atoms with Crippen molar-refractivity contribution in [2.45, 2.75) is 43.8 Å². The van der Waals surface area contributed by atoms with Gasteiger partial charge in [-0.05, 0) is 67.3 Å². The SMILES string of the molecule is O=C(COc1ccc(Cl)c(F)c1)NC1CC(NC2CCNc3cc(Cl)ccc32)C2CC1C2. The number of rotatable bonds is 6. The molecule has 2 aromatic rings. The molecule has 8 heteroatoms. The van der Waals surface area contributed by atoms with Gasteiger partial charge in [-0.3, -0.25) is 4.79 Å². The summed E-state index contributed by atoms with van der Waals surface area (Å²) in [6, 6.07) is 11.0. The van der Waals surface area contributed by atoms with E-state index in [4.69, 9.17) is 27.9 Å². The van der Waals surface area contributed by atoms with Crippen LogP contribution in [-0.4, -0.2) is 31.1 Å². The minimum absolute atomic E-state index is 0.0292. The van der Waals surface area contributed by atoms with Crippen LogP contribution in [0.15, 0.2) is 36.4 Å². The third-order valence-electron chi connectivity index (χ3n) is 7.02. The third kappa shape index (κ3) is 4.54. The average molecular weight is 478 g/mol. The van der Waals surface area contributed by atoms with Gasteiger partial charge >= 0.3 is 0 Å². The van der Waals surface area contributed by atoms with Gasteiger partial charge in [-0.2, -0.15) is 0 Å². The molecule has 1 amide bonds. The van der Waals surface area contributed by atoms with E-state index in [0.717, 1.165) is 42.9 Å². The van der Waals surface area contributed by atoms with Gasteiger partial charge in [-0.1, -0.05) is 29.3 Å². The molecule has 0 radical (unpaired) electrons. The molecule has 3 fully saturated rings. The fourth-order valence-corrected chi connectivity index (χ4v) is 5.58. The molecule has 3 atom stereocenters. The number of benzene rings is 2. The van der Waals surface area contributed by atoms with Crippen molar-refractivity contribution >= 4 is 34.8 Å². The molecule has 32 heavy (non-hydrogen) atoms. The van der Waals surface area contributed by atoms with E-state index >= 15 is 0 Å². The van der Waals surface area contributed by atoms with Crippen molar-refractivity contribution in [3.8, 4) is 5.75 Å². The summed E-state index contributed by atoms with van der Waals surface area (Å²) in [5.41, 5.74) is 2.36. The minimum atomic E-state index is -0.562. The maximum atomic E-state index is 13.6. The Morgan fingerprint density at radius 2 is 1.91 bits per heavy atom. The summed E-state index contributed by atoms with van der Waals surface area (Å²) in [5.74, 6) is 0.726. The molecule has 0 saturated heterocycles. The molecule has 6 rings (SSSR count). The van der Waals surface area contributed by atoms with Gasteiger partial charge in [0.1, 0.15) is 11.6 Å². The molecule has 2 aromatic carbocycles. The van der Waals surface area contributed by atoms with Gasteiger partial charge in [-0.25, -0.2) is 4.39 Å². The minimum Gasteiger partial charge on any atom is -0.484 e. The summed E-state index contributed by atoms with van der Waals surface area (Å²) in [6.45, 7) is 0.766. The van der Waals surface area contributed by atoms with Crippen molar-refractivity contribution in [3.63, 3.8) is 0 Å². The first-order valence-corrected chi connectivity index (χ1v) is 11.9. The number of anilines is 1. The Kier molecular flexibility index (Phi) is 6.19. The Labute approximate surface area is 197 Å². The summed E-state index contributed by atoms with van der Waals surface area (Å²) in [4.78, 5) is 12.5. The monoisotopic (exact) mass is 477 g/mol. The predicted molar refractivity (Wildman–Crippen MR) is 124 cm³/mol. The van der Waals surface area contributed by atoms with E-state index in [-0.39, 0.29) is 29.6 Å². The lowest BCUT2D eigenvalue weighted by Gasteiger charge is -2.52. The zero-order valence-electron chi connectivity index (χ0n) is 17.5. The van der Waals surface area contributed by atoms with E-state index < -0.39 is 5.82 Å². The normalized spacial score (nSPS) is 28.2. The van der Waals surface area contributed by atoms with Crippen molar-refractivity contribution in [3.05, 3.63) is 57.8 Å². The summed E-state index contributed by atoms with van der Waals surface area (Å²) in [7, 11) is 0. The van der Waals surface area contributed by atoms with Crippen LogP contribution in [0.1, 0.15) is 37.3 Å². The zero-order valence-corrected chi connectivity index (χ0v) is 19.1. The number of carbonyl (C=O) groups excluding carboxylic acids is 1. The van der Waals surface area contributed by atoms with Crippen LogP contribution in [0.3, 0.4) is 0 Å². The van der Waals surface area contributed by atoms with Crippen molar-refractivity contribution in [2.75, 3.05) is 18.5 Å². The lowest BCUT2D eigenvalue weighted by atomic mass is 9.60. The molecule has 4 aliphatic rings. The number of hydrogen-bond donors (Lipinski definition) is 3. The second kappa shape index (κ2) is 9.08. The van der Waals surface area contributed by atoms with Crippen molar-refractivity contribution in [1.82, 2.24) is 10.6 Å². The fraction of sp³-hybridized carbons (Fsp3) is 0.458. The van der Waals surface area contributed by atoms with Crippen LogP contribution in [0, 0.1) is 17.7 Å². The molecule has 5 nitrogen and oxygen atoms in total. The molecule has 3 N–H and O–H groups in total. The highest BCUT2D eigenvalue weighted by Crippen LogP contribution is 2.47. The molecule has 2 bridgehead atoms. The van der Waals surface area contributed by atoms with Gasteiger partial charge in [0.2, 0.25) is 0 Å². The van der Waals surface area contributed by atoms with Crippen molar-refractivity contribution in [1.29, 1.82) is 0 Å². The van der Waals surface area contributed by atoms with Gasteiger partial charge in [-0.15, -0.1) is 0 Å². The predicted octanol–water partition coefficient (Wildman–Crippen LogP) is 4.94. The Bertz CT molecular complexity index is 1010. The zero-order chi connectivity index (χ0) is 22.2. The molecule has 3 saturated carbocycles. The van der Waals surface area contributed by atoms with E-state index in [2.05, 4.69) is 22.0 Å². The molecule has 170 valence electrons. The molecule has 3 unspecified atom stereocenters. The van der Waals surface area contributed by atoms with Crippen LogP contribution >= 0.6 is 23.2 Å². The number of halogens is 3. The van der Waals surface area contributed by atoms with E-state index in [9.17, 15) is 9.18 Å². The summed E-state index contributed by atoms with van der Waals surface area (Å²) >= 11 is 11.8. The molecule has 1 aliphatic heterocycles. The van der Waals surface area contributed by atoms with Gasteiger partial charge in [0.05, 0.1) is 5.02 Å². The van der Waals surface area contributed by atoms with E-state index in [1.54, 1.807) is 6.07 Å². The van der Waals surface area contributed by atoms with Crippen LogP contribution in [0.5, 0.6) is 5.75 Å². The number of fused-ring (bicyclic) bond motifs is 3. The molecule has 1 heterocycles. The largest absolute Gasteiger partial charge is 0.484 e. The number of ether oxygens (including phenoxy) is 1.